The molecule has 0 atom stereocenters. The summed E-state index contributed by atoms with van der Waals surface area (Å²) in [4.78, 5) is 2.20. The number of benzene rings is 1. The molecule has 1 aromatic carbocycles. The van der Waals surface area contributed by atoms with Gasteiger partial charge in [0.05, 0.1) is 12.2 Å². The summed E-state index contributed by atoms with van der Waals surface area (Å²) in [6.07, 6.45) is 0. The lowest BCUT2D eigenvalue weighted by Gasteiger charge is -2.14. The van der Waals surface area contributed by atoms with E-state index in [0.717, 1.165) is 35.6 Å². The van der Waals surface area contributed by atoms with Crippen molar-refractivity contribution in [2.75, 3.05) is 14.1 Å². The maximum atomic E-state index is 5.31. The summed E-state index contributed by atoms with van der Waals surface area (Å²) in [6, 6.07) is 10.3. The van der Waals surface area contributed by atoms with Crippen LogP contribution in [0.1, 0.15) is 17.0 Å². The van der Waals surface area contributed by atoms with E-state index in [-0.39, 0.29) is 0 Å². The van der Waals surface area contributed by atoms with E-state index in [0.29, 0.717) is 0 Å². The Labute approximate surface area is 121 Å². The molecule has 0 saturated carbocycles. The van der Waals surface area contributed by atoms with E-state index in [1.807, 2.05) is 25.2 Å². The van der Waals surface area contributed by atoms with Gasteiger partial charge in [0.1, 0.15) is 0 Å². The van der Waals surface area contributed by atoms with Crippen molar-refractivity contribution in [3.8, 4) is 0 Å². The van der Waals surface area contributed by atoms with Gasteiger partial charge >= 0.3 is 0 Å². The minimum Gasteiger partial charge on any atom is -0.360 e. The van der Waals surface area contributed by atoms with Gasteiger partial charge < -0.3 is 9.84 Å². The summed E-state index contributed by atoms with van der Waals surface area (Å²) in [5, 5.41) is 7.06. The molecule has 4 nitrogen and oxygen atoms in total. The summed E-state index contributed by atoms with van der Waals surface area (Å²) in [5.74, 6) is 0.891. The Balaban J connectivity index is 1.91. The predicted molar refractivity (Wildman–Crippen MR) is 78.6 cm³/mol. The van der Waals surface area contributed by atoms with Gasteiger partial charge in [-0.05, 0) is 31.8 Å². The number of nitrogens with zero attached hydrogens (tertiary/aromatic N) is 2. The fourth-order valence-corrected chi connectivity index (χ4v) is 2.41. The molecule has 1 N–H and O–H groups in total. The zero-order valence-corrected chi connectivity index (χ0v) is 12.8. The third-order valence-electron chi connectivity index (χ3n) is 2.73. The molecule has 0 aliphatic rings. The Bertz CT molecular complexity index is 527. The highest BCUT2D eigenvalue weighted by Crippen LogP contribution is 2.14. The number of aromatic nitrogens is 1. The maximum absolute atomic E-state index is 5.31. The average molecular weight is 324 g/mol. The van der Waals surface area contributed by atoms with Crippen molar-refractivity contribution in [3.05, 3.63) is 51.8 Å². The zero-order valence-electron chi connectivity index (χ0n) is 11.2. The zero-order chi connectivity index (χ0) is 13.7. The summed E-state index contributed by atoms with van der Waals surface area (Å²) < 4.78 is 6.41. The fraction of sp³-hybridized carbons (Fsp3) is 0.357. The SMILES string of the molecule is CNCc1cc(CN(C)Cc2cccc(Br)c2)on1. The Kier molecular flexibility index (Phi) is 5.13. The highest BCUT2D eigenvalue weighted by molar-refractivity contribution is 9.10. The second-order valence-electron chi connectivity index (χ2n) is 4.62. The van der Waals surface area contributed by atoms with Crippen LogP contribution < -0.4 is 5.32 Å². The van der Waals surface area contributed by atoms with Gasteiger partial charge in [-0.15, -0.1) is 0 Å². The van der Waals surface area contributed by atoms with Gasteiger partial charge in [0.25, 0.3) is 0 Å². The lowest BCUT2D eigenvalue weighted by molar-refractivity contribution is 0.265. The fourth-order valence-electron chi connectivity index (χ4n) is 1.96. The normalized spacial score (nSPS) is 11.2. The van der Waals surface area contributed by atoms with Gasteiger partial charge in [-0.3, -0.25) is 4.90 Å². The summed E-state index contributed by atoms with van der Waals surface area (Å²) in [5.41, 5.74) is 2.21. The number of halogens is 1. The average Bonchev–Trinajstić information content (AvgIpc) is 2.77. The van der Waals surface area contributed by atoms with Crippen molar-refractivity contribution in [1.82, 2.24) is 15.4 Å². The summed E-state index contributed by atoms with van der Waals surface area (Å²) >= 11 is 3.49. The van der Waals surface area contributed by atoms with E-state index in [1.54, 1.807) is 0 Å². The van der Waals surface area contributed by atoms with Crippen molar-refractivity contribution >= 4 is 15.9 Å². The Morgan fingerprint density at radius 3 is 2.89 bits per heavy atom. The van der Waals surface area contributed by atoms with E-state index in [1.165, 1.54) is 5.56 Å². The molecule has 0 spiro atoms. The molecule has 0 amide bonds. The molecule has 0 radical (unpaired) electrons. The first-order valence-corrected chi connectivity index (χ1v) is 6.98. The predicted octanol–water partition coefficient (Wildman–Crippen LogP) is 2.79. The van der Waals surface area contributed by atoms with Gasteiger partial charge in [0, 0.05) is 23.6 Å². The monoisotopic (exact) mass is 323 g/mol. The van der Waals surface area contributed by atoms with Gasteiger partial charge in [-0.2, -0.15) is 0 Å². The molecule has 102 valence electrons. The van der Waals surface area contributed by atoms with Crippen LogP contribution >= 0.6 is 15.9 Å². The third kappa shape index (κ3) is 4.45. The standard InChI is InChI=1S/C14H18BrN3O/c1-16-8-13-7-14(19-17-13)10-18(2)9-11-4-3-5-12(15)6-11/h3-7,16H,8-10H2,1-2H3. The molecule has 0 bridgehead atoms. The van der Waals surface area contributed by atoms with E-state index in [2.05, 4.69) is 50.5 Å². The molecule has 2 aromatic rings. The van der Waals surface area contributed by atoms with Crippen LogP contribution in [-0.2, 0) is 19.6 Å². The van der Waals surface area contributed by atoms with Crippen LogP contribution in [-0.4, -0.2) is 24.2 Å². The van der Waals surface area contributed by atoms with Crippen molar-refractivity contribution in [2.45, 2.75) is 19.6 Å². The minimum absolute atomic E-state index is 0.735. The second kappa shape index (κ2) is 6.84. The molecule has 0 fully saturated rings. The topological polar surface area (TPSA) is 41.3 Å². The molecule has 0 saturated heterocycles. The first-order chi connectivity index (χ1) is 9.17. The molecular formula is C14H18BrN3O. The van der Waals surface area contributed by atoms with E-state index in [4.69, 9.17) is 4.52 Å². The molecule has 5 heteroatoms. The van der Waals surface area contributed by atoms with Crippen LogP contribution in [0.3, 0.4) is 0 Å². The molecule has 19 heavy (non-hydrogen) atoms. The highest BCUT2D eigenvalue weighted by atomic mass is 79.9. The van der Waals surface area contributed by atoms with Gasteiger partial charge in [0.2, 0.25) is 0 Å². The third-order valence-corrected chi connectivity index (χ3v) is 3.23. The summed E-state index contributed by atoms with van der Waals surface area (Å²) in [7, 11) is 3.97. The van der Waals surface area contributed by atoms with Gasteiger partial charge in [-0.1, -0.05) is 33.2 Å². The first-order valence-electron chi connectivity index (χ1n) is 6.19. The van der Waals surface area contributed by atoms with Crippen LogP contribution in [0, 0.1) is 0 Å². The van der Waals surface area contributed by atoms with Crippen LogP contribution in [0.15, 0.2) is 39.3 Å². The Morgan fingerprint density at radius 1 is 1.32 bits per heavy atom. The second-order valence-corrected chi connectivity index (χ2v) is 5.53. The maximum Gasteiger partial charge on any atom is 0.151 e. The molecule has 0 aliphatic heterocycles. The quantitative estimate of drug-likeness (QED) is 0.887. The van der Waals surface area contributed by atoms with Gasteiger partial charge in [-0.25, -0.2) is 0 Å². The molecular weight excluding hydrogens is 306 g/mol. The van der Waals surface area contributed by atoms with Crippen LogP contribution in [0.25, 0.3) is 0 Å². The van der Waals surface area contributed by atoms with Crippen molar-refractivity contribution in [3.63, 3.8) is 0 Å². The lowest BCUT2D eigenvalue weighted by Crippen LogP contribution is -2.16. The summed E-state index contributed by atoms with van der Waals surface area (Å²) in [6.45, 7) is 2.36. The minimum atomic E-state index is 0.735. The molecule has 0 unspecified atom stereocenters. The van der Waals surface area contributed by atoms with Crippen molar-refractivity contribution in [2.24, 2.45) is 0 Å². The smallest absolute Gasteiger partial charge is 0.151 e. The molecule has 1 aromatic heterocycles. The molecule has 2 rings (SSSR count). The number of rotatable bonds is 6. The van der Waals surface area contributed by atoms with E-state index >= 15 is 0 Å². The van der Waals surface area contributed by atoms with Crippen LogP contribution in [0.4, 0.5) is 0 Å². The number of hydrogen-bond donors (Lipinski definition) is 1. The molecule has 1 heterocycles. The van der Waals surface area contributed by atoms with Crippen molar-refractivity contribution in [1.29, 1.82) is 0 Å². The lowest BCUT2D eigenvalue weighted by atomic mass is 10.2. The van der Waals surface area contributed by atoms with Crippen LogP contribution in [0.5, 0.6) is 0 Å². The van der Waals surface area contributed by atoms with E-state index < -0.39 is 0 Å². The largest absolute Gasteiger partial charge is 0.360 e. The van der Waals surface area contributed by atoms with Crippen molar-refractivity contribution < 1.29 is 4.52 Å². The van der Waals surface area contributed by atoms with Crippen LogP contribution in [0.2, 0.25) is 0 Å². The first kappa shape index (κ1) is 14.2. The van der Waals surface area contributed by atoms with Gasteiger partial charge in [0.15, 0.2) is 5.76 Å². The Morgan fingerprint density at radius 2 is 2.16 bits per heavy atom. The number of nitrogens with one attached hydrogen (secondary N) is 1. The molecule has 0 aliphatic carbocycles. The Hall–Kier alpha value is -1.17. The highest BCUT2D eigenvalue weighted by Gasteiger charge is 2.07. The van der Waals surface area contributed by atoms with E-state index in [9.17, 15) is 0 Å². The number of hydrogen-bond acceptors (Lipinski definition) is 4.